The number of nitrogens with zero attached hydrogens (tertiary/aromatic N) is 7. The standard InChI is InChI=1S/C27H24ClN5O2.C24H18ClN3O2.C22H16ClN3O.C15H13ClN2.C9H10ClNO2/c1-18(34)32-12-14-33(15-13-32)25-9-6-20(17-30-25)27(35)31-21-7-8-24(28)23(16-21)26-22-5-3-2-4-19(22)10-11-29-26;1-15(29)27-18-8-6-17(7-9-18)24(30)28-19-10-11-22(25)21(14-19)23-20-5-3-2-4-16(20)12-13-26-23;23-20-10-9-17(26-22(27)15-5-7-16(24)8-6-15)13-19(20)21-18-4-2-1-3-14(18)11-12-25-21;1-3-10-7-8-18-15(12(10)4-2)13-9-11(17)5-6-14(13)16;1-8(13)11-9(5-6-10)4-2-3-7-12/h2-11,16-17H,12-15H2,1H3,(H,31,35);2-14H,1H3,(H,27,29)(H,28,30);1-13H,24H2,(H,26,27);3-9H,1-2,17H2;2-7H,1H3,(H,11,13)/b;;;;3-2+,6-5+,9-4+. The Morgan fingerprint density at radius 1 is 0.423 bits per heavy atom. The predicted molar refractivity (Wildman–Crippen MR) is 502 cm³/mol. The fraction of sp³-hybridized carbons (Fsp3) is 0.0722. The van der Waals surface area contributed by atoms with Crippen LogP contribution in [0.5, 0.6) is 0 Å². The number of pyridine rings is 5. The first-order valence-corrected chi connectivity index (χ1v) is 40.2. The maximum absolute atomic E-state index is 12.9. The molecule has 0 atom stereocenters. The van der Waals surface area contributed by atoms with Gasteiger partial charge in [0.15, 0.2) is 0 Å². The van der Waals surface area contributed by atoms with Crippen molar-refractivity contribution in [2.75, 3.05) is 63.8 Å². The molecule has 15 rings (SSSR count). The number of amides is 6. The first kappa shape index (κ1) is 89.3. The Kier molecular flexibility index (Phi) is 31.6. The number of carbonyl (C=O) groups excluding carboxylic acids is 7. The number of aromatic nitrogens is 5. The number of nitrogens with two attached hydrogens (primary N) is 2. The van der Waals surface area contributed by atoms with Crippen molar-refractivity contribution in [2.45, 2.75) is 20.8 Å². The van der Waals surface area contributed by atoms with Gasteiger partial charge < -0.3 is 47.9 Å². The lowest BCUT2D eigenvalue weighted by atomic mass is 10.0. The quantitative estimate of drug-likeness (QED) is 0.0182. The first-order valence-electron chi connectivity index (χ1n) is 38.2. The van der Waals surface area contributed by atoms with Gasteiger partial charge in [-0.15, -0.1) is 0 Å². The second-order valence-electron chi connectivity index (χ2n) is 27.3. The molecule has 0 bridgehead atoms. The molecule has 26 heteroatoms. The van der Waals surface area contributed by atoms with Gasteiger partial charge in [-0.2, -0.15) is 0 Å². The van der Waals surface area contributed by atoms with Crippen LogP contribution in [-0.2, 0) is 19.2 Å². The van der Waals surface area contributed by atoms with Gasteiger partial charge in [0.1, 0.15) is 12.1 Å². The maximum atomic E-state index is 12.9. The van der Waals surface area contributed by atoms with E-state index in [1.165, 1.54) is 37.6 Å². The van der Waals surface area contributed by atoms with E-state index in [0.29, 0.717) is 109 Å². The predicted octanol–water partition coefficient (Wildman–Crippen LogP) is 21.8. The molecule has 0 radical (unpaired) electrons. The highest BCUT2D eigenvalue weighted by atomic mass is 35.5. The van der Waals surface area contributed by atoms with Gasteiger partial charge in [-0.25, -0.2) is 4.98 Å². The SMILES string of the molecule is C=Cc1ccnc(-c2cc(N)ccc2Cl)c1C=C.CC(=O)N1CCN(c2ccc(C(=O)Nc3ccc(Cl)c(-c4nccc5ccccc45)c3)cn2)CC1.CC(=O)NC(/C=C/Cl)=C/C=C/C=O.CC(=O)Nc1ccc(C(=O)Nc2ccc(Cl)c(-c3nccc4ccccc34)c2)cc1.Nc1ccc(C(=O)Nc2ccc(Cl)c(-c3nccc4ccccc34)c2)cc1. The summed E-state index contributed by atoms with van der Waals surface area (Å²) in [6.07, 6.45) is 18.6. The molecular weight excluding hydrogens is 1650 g/mol. The molecular formula is C97H81Cl5N14O7. The zero-order valence-electron chi connectivity index (χ0n) is 66.7. The molecule has 0 saturated carbocycles. The molecule has 1 aliphatic heterocycles. The van der Waals surface area contributed by atoms with Gasteiger partial charge in [-0.3, -0.25) is 53.5 Å². The number of nitrogen functional groups attached to an aromatic ring is 2. The van der Waals surface area contributed by atoms with Crippen molar-refractivity contribution in [1.82, 2.24) is 35.1 Å². The van der Waals surface area contributed by atoms with Gasteiger partial charge >= 0.3 is 0 Å². The average molecular weight is 1730 g/mol. The second kappa shape index (κ2) is 43.5. The number of nitrogens with one attached hydrogen (secondary N) is 5. The zero-order valence-corrected chi connectivity index (χ0v) is 70.5. The lowest BCUT2D eigenvalue weighted by Gasteiger charge is -2.34. The van der Waals surface area contributed by atoms with Crippen LogP contribution < -0.4 is 43.0 Å². The Morgan fingerprint density at radius 3 is 1.26 bits per heavy atom. The summed E-state index contributed by atoms with van der Waals surface area (Å²) >= 11 is 30.9. The third-order valence-corrected chi connectivity index (χ3v) is 20.3. The Bertz CT molecular complexity index is 6340. The Labute approximate surface area is 735 Å². The van der Waals surface area contributed by atoms with E-state index in [4.69, 9.17) is 69.5 Å². The number of hydrogen-bond donors (Lipinski definition) is 7. The monoisotopic (exact) mass is 1730 g/mol. The third-order valence-electron chi connectivity index (χ3n) is 18.9. The molecule has 616 valence electrons. The fourth-order valence-corrected chi connectivity index (χ4v) is 13.9. The van der Waals surface area contributed by atoms with Crippen LogP contribution in [0.4, 0.5) is 39.9 Å². The van der Waals surface area contributed by atoms with E-state index in [1.807, 2.05) is 132 Å². The summed E-state index contributed by atoms with van der Waals surface area (Å²) in [7, 11) is 0. The molecule has 9 N–H and O–H groups in total. The molecule has 0 unspecified atom stereocenters. The van der Waals surface area contributed by atoms with E-state index < -0.39 is 0 Å². The molecule has 0 aliphatic carbocycles. The lowest BCUT2D eigenvalue weighted by Crippen LogP contribution is -2.48. The topological polar surface area (TPSA) is 303 Å². The molecule has 5 aromatic heterocycles. The number of hydrogen-bond acceptors (Lipinski definition) is 15. The highest BCUT2D eigenvalue weighted by Crippen LogP contribution is 2.39. The number of piperazine rings is 1. The average Bonchev–Trinajstić information content (AvgIpc) is 0.834. The molecule has 123 heavy (non-hydrogen) atoms. The van der Waals surface area contributed by atoms with Crippen molar-refractivity contribution in [3.05, 3.63) is 358 Å². The van der Waals surface area contributed by atoms with Gasteiger partial charge in [-0.05, 0) is 198 Å². The number of rotatable bonds is 18. The van der Waals surface area contributed by atoms with E-state index >= 15 is 0 Å². The number of halogens is 5. The van der Waals surface area contributed by atoms with Crippen LogP contribution in [0.3, 0.4) is 0 Å². The number of anilines is 7. The minimum absolute atomic E-state index is 0.0891. The van der Waals surface area contributed by atoms with Crippen LogP contribution in [-0.4, -0.2) is 97.7 Å². The van der Waals surface area contributed by atoms with E-state index in [0.717, 1.165) is 94.3 Å². The third kappa shape index (κ3) is 24.2. The zero-order chi connectivity index (χ0) is 87.5. The number of carbonyl (C=O) groups is 7. The molecule has 0 spiro atoms. The van der Waals surface area contributed by atoms with Crippen molar-refractivity contribution >= 4 is 184 Å². The summed E-state index contributed by atoms with van der Waals surface area (Å²) < 4.78 is 0. The minimum atomic E-state index is -0.261. The molecule has 1 fully saturated rings. The molecule has 1 saturated heterocycles. The minimum Gasteiger partial charge on any atom is -0.399 e. The van der Waals surface area contributed by atoms with Gasteiger partial charge in [-0.1, -0.05) is 162 Å². The van der Waals surface area contributed by atoms with Crippen LogP contribution in [0.25, 0.3) is 89.5 Å². The normalized spacial score (nSPS) is 11.6. The van der Waals surface area contributed by atoms with E-state index in [2.05, 4.69) is 69.6 Å². The van der Waals surface area contributed by atoms with Crippen molar-refractivity contribution in [2.24, 2.45) is 0 Å². The molecule has 1 aliphatic rings. The molecule has 6 amide bonds. The molecule has 9 aromatic carbocycles. The number of allylic oxidation sites excluding steroid dienone is 4. The smallest absolute Gasteiger partial charge is 0.257 e. The molecule has 14 aromatic rings. The van der Waals surface area contributed by atoms with Crippen molar-refractivity contribution in [3.8, 4) is 45.0 Å². The van der Waals surface area contributed by atoms with Crippen LogP contribution in [0.2, 0.25) is 20.1 Å². The summed E-state index contributed by atoms with van der Waals surface area (Å²) in [5, 5.41) is 22.4. The van der Waals surface area contributed by atoms with Crippen molar-refractivity contribution in [3.63, 3.8) is 0 Å². The Balaban J connectivity index is 0.000000155. The summed E-state index contributed by atoms with van der Waals surface area (Å²) in [5.41, 5.74) is 26.5. The van der Waals surface area contributed by atoms with Crippen molar-refractivity contribution < 1.29 is 33.6 Å². The van der Waals surface area contributed by atoms with E-state index in [9.17, 15) is 33.6 Å². The van der Waals surface area contributed by atoms with Gasteiger partial charge in [0, 0.05) is 178 Å². The number of aldehydes is 1. The van der Waals surface area contributed by atoms with Crippen LogP contribution in [0, 0.1) is 0 Å². The first-order chi connectivity index (χ1) is 59.5. The summed E-state index contributed by atoms with van der Waals surface area (Å²) in [5.74, 6) is -0.211. The summed E-state index contributed by atoms with van der Waals surface area (Å²) in [6, 6.07) is 70.1. The highest BCUT2D eigenvalue weighted by molar-refractivity contribution is 6.35. The van der Waals surface area contributed by atoms with E-state index in [-0.39, 0.29) is 35.4 Å². The summed E-state index contributed by atoms with van der Waals surface area (Å²) in [6.45, 7) is 14.8. The molecule has 21 nitrogen and oxygen atoms in total. The van der Waals surface area contributed by atoms with Crippen LogP contribution in [0.1, 0.15) is 63.0 Å². The van der Waals surface area contributed by atoms with Gasteiger partial charge in [0.05, 0.1) is 48.4 Å². The fourth-order valence-electron chi connectivity index (χ4n) is 12.9. The Morgan fingerprint density at radius 2 is 0.837 bits per heavy atom. The van der Waals surface area contributed by atoms with Crippen molar-refractivity contribution in [1.29, 1.82) is 0 Å². The maximum Gasteiger partial charge on any atom is 0.257 e. The number of fused-ring (bicyclic) bond motifs is 3. The van der Waals surface area contributed by atoms with Crippen LogP contribution >= 0.6 is 58.0 Å². The second-order valence-corrected chi connectivity index (χ2v) is 29.2. The van der Waals surface area contributed by atoms with Gasteiger partial charge in [0.25, 0.3) is 17.7 Å². The van der Waals surface area contributed by atoms with Crippen LogP contribution in [0.15, 0.2) is 310 Å². The van der Waals surface area contributed by atoms with Gasteiger partial charge in [0.2, 0.25) is 17.7 Å². The molecule has 6 heterocycles. The largest absolute Gasteiger partial charge is 0.399 e. The Hall–Kier alpha value is -14.5. The van der Waals surface area contributed by atoms with E-state index in [1.54, 1.807) is 159 Å². The summed E-state index contributed by atoms with van der Waals surface area (Å²) in [4.78, 5) is 108. The number of benzene rings is 9. The highest BCUT2D eigenvalue weighted by Gasteiger charge is 2.22. The lowest BCUT2D eigenvalue weighted by molar-refractivity contribution is -0.129.